The molecule has 2 N–H and O–H groups in total. The molecule has 24 heavy (non-hydrogen) atoms. The predicted molar refractivity (Wildman–Crippen MR) is 87.8 cm³/mol. The second-order valence-corrected chi connectivity index (χ2v) is 6.48. The standard InChI is InChI=1S/C16H25N3O5/c1-18-14(22)12(9-17-15(18)23)8-13(21)19-6-3-4-16(10-19,11-20)5-7-24-2/h9,20H,3-8,10-11H2,1-2H3,(H,17,23)/t16-/m0/s1. The first-order chi connectivity index (χ1) is 11.4. The summed E-state index contributed by atoms with van der Waals surface area (Å²) in [4.78, 5) is 40.1. The Morgan fingerprint density at radius 3 is 2.88 bits per heavy atom. The minimum atomic E-state index is -0.506. The lowest BCUT2D eigenvalue weighted by Gasteiger charge is -2.42. The van der Waals surface area contributed by atoms with Gasteiger partial charge < -0.3 is 19.7 Å². The highest BCUT2D eigenvalue weighted by molar-refractivity contribution is 5.78. The first kappa shape index (κ1) is 18.4. The van der Waals surface area contributed by atoms with Gasteiger partial charge in [-0.3, -0.25) is 14.2 Å². The number of hydrogen-bond donors (Lipinski definition) is 2. The van der Waals surface area contributed by atoms with E-state index in [0.29, 0.717) is 26.1 Å². The Kier molecular flexibility index (Phi) is 5.95. The molecule has 0 aromatic carbocycles. The summed E-state index contributed by atoms with van der Waals surface area (Å²) in [6.07, 6.45) is 3.58. The smallest absolute Gasteiger partial charge is 0.328 e. The molecule has 0 unspecified atom stereocenters. The van der Waals surface area contributed by atoms with Crippen LogP contribution in [0.2, 0.25) is 0 Å². The molecule has 0 bridgehead atoms. The number of piperidine rings is 1. The van der Waals surface area contributed by atoms with E-state index in [0.717, 1.165) is 17.4 Å². The fraction of sp³-hybridized carbons (Fsp3) is 0.688. The Bertz CT molecular complexity index is 696. The number of aromatic nitrogens is 2. The summed E-state index contributed by atoms with van der Waals surface area (Å²) >= 11 is 0. The summed E-state index contributed by atoms with van der Waals surface area (Å²) in [5, 5.41) is 9.78. The van der Waals surface area contributed by atoms with Crippen LogP contribution in [0.1, 0.15) is 24.8 Å². The van der Waals surface area contributed by atoms with E-state index < -0.39 is 11.2 Å². The largest absolute Gasteiger partial charge is 0.396 e. The van der Waals surface area contributed by atoms with E-state index in [4.69, 9.17) is 4.74 Å². The molecule has 8 nitrogen and oxygen atoms in total. The summed E-state index contributed by atoms with van der Waals surface area (Å²) in [6, 6.07) is 0. The van der Waals surface area contributed by atoms with E-state index in [1.165, 1.54) is 13.2 Å². The van der Waals surface area contributed by atoms with Crippen molar-refractivity contribution in [3.63, 3.8) is 0 Å². The van der Waals surface area contributed by atoms with Crippen molar-refractivity contribution in [2.75, 3.05) is 33.4 Å². The molecule has 2 heterocycles. The zero-order valence-corrected chi connectivity index (χ0v) is 14.2. The lowest BCUT2D eigenvalue weighted by atomic mass is 9.78. The van der Waals surface area contributed by atoms with Crippen LogP contribution in [0.25, 0.3) is 0 Å². The number of aromatic amines is 1. The SMILES string of the molecule is COCC[C@@]1(CO)CCCN(C(=O)Cc2c[nH]c(=O)n(C)c2=O)C1. The second-order valence-electron chi connectivity index (χ2n) is 6.48. The molecule has 0 radical (unpaired) electrons. The van der Waals surface area contributed by atoms with Gasteiger partial charge in [-0.05, 0) is 19.3 Å². The summed E-state index contributed by atoms with van der Waals surface area (Å²) in [6.45, 7) is 1.59. The molecule has 0 aliphatic carbocycles. The van der Waals surface area contributed by atoms with Gasteiger partial charge in [-0.15, -0.1) is 0 Å². The predicted octanol–water partition coefficient (Wildman–Crippen LogP) is -0.746. The zero-order chi connectivity index (χ0) is 17.7. The Hall–Kier alpha value is -1.93. The topological polar surface area (TPSA) is 105 Å². The van der Waals surface area contributed by atoms with Gasteiger partial charge in [0.05, 0.1) is 13.0 Å². The number of likely N-dealkylation sites (tertiary alicyclic amines) is 1. The van der Waals surface area contributed by atoms with Crippen LogP contribution < -0.4 is 11.2 Å². The maximum Gasteiger partial charge on any atom is 0.328 e. The van der Waals surface area contributed by atoms with Crippen molar-refractivity contribution < 1.29 is 14.6 Å². The number of amides is 1. The monoisotopic (exact) mass is 339 g/mol. The number of methoxy groups -OCH3 is 1. The lowest BCUT2D eigenvalue weighted by molar-refractivity contribution is -0.135. The average Bonchev–Trinajstić information content (AvgIpc) is 2.60. The number of ether oxygens (including phenoxy) is 1. The van der Waals surface area contributed by atoms with Crippen LogP contribution in [0.5, 0.6) is 0 Å². The number of hydrogen-bond acceptors (Lipinski definition) is 5. The van der Waals surface area contributed by atoms with Crippen molar-refractivity contribution in [3.05, 3.63) is 32.6 Å². The Labute approximate surface area is 140 Å². The van der Waals surface area contributed by atoms with Gasteiger partial charge in [0.15, 0.2) is 0 Å². The zero-order valence-electron chi connectivity index (χ0n) is 14.2. The van der Waals surface area contributed by atoms with Crippen LogP contribution in [0, 0.1) is 5.41 Å². The maximum atomic E-state index is 12.6. The van der Waals surface area contributed by atoms with Crippen molar-refractivity contribution in [1.82, 2.24) is 14.5 Å². The fourth-order valence-electron chi connectivity index (χ4n) is 3.17. The normalized spacial score (nSPS) is 21.0. The molecule has 134 valence electrons. The average molecular weight is 339 g/mol. The number of carbonyl (C=O) groups excluding carboxylic acids is 1. The molecule has 1 atom stereocenters. The van der Waals surface area contributed by atoms with Crippen LogP contribution in [-0.4, -0.2) is 58.9 Å². The Morgan fingerprint density at radius 2 is 2.21 bits per heavy atom. The van der Waals surface area contributed by atoms with Crippen molar-refractivity contribution in [2.24, 2.45) is 12.5 Å². The van der Waals surface area contributed by atoms with Gasteiger partial charge in [0.25, 0.3) is 5.56 Å². The number of aliphatic hydroxyl groups is 1. The first-order valence-corrected chi connectivity index (χ1v) is 8.07. The molecule has 0 saturated carbocycles. The first-order valence-electron chi connectivity index (χ1n) is 8.07. The van der Waals surface area contributed by atoms with Gasteiger partial charge in [-0.25, -0.2) is 4.79 Å². The Morgan fingerprint density at radius 1 is 1.46 bits per heavy atom. The van der Waals surface area contributed by atoms with Gasteiger partial charge in [0, 0.05) is 51.0 Å². The number of nitrogens with zero attached hydrogens (tertiary/aromatic N) is 2. The van der Waals surface area contributed by atoms with Crippen molar-refractivity contribution in [3.8, 4) is 0 Å². The van der Waals surface area contributed by atoms with Gasteiger partial charge in [-0.1, -0.05) is 0 Å². The van der Waals surface area contributed by atoms with Crippen molar-refractivity contribution in [1.29, 1.82) is 0 Å². The van der Waals surface area contributed by atoms with E-state index >= 15 is 0 Å². The van der Waals surface area contributed by atoms with Crippen LogP contribution in [-0.2, 0) is 23.0 Å². The minimum Gasteiger partial charge on any atom is -0.396 e. The summed E-state index contributed by atoms with van der Waals surface area (Å²) in [7, 11) is 2.99. The molecule has 8 heteroatoms. The number of rotatable bonds is 6. The van der Waals surface area contributed by atoms with E-state index in [9.17, 15) is 19.5 Å². The number of aliphatic hydroxyl groups excluding tert-OH is 1. The molecule has 1 aromatic heterocycles. The molecule has 1 aromatic rings. The highest BCUT2D eigenvalue weighted by Gasteiger charge is 2.36. The van der Waals surface area contributed by atoms with E-state index in [-0.39, 0.29) is 29.9 Å². The van der Waals surface area contributed by atoms with Crippen LogP contribution in [0.15, 0.2) is 15.8 Å². The van der Waals surface area contributed by atoms with Gasteiger partial charge >= 0.3 is 5.69 Å². The molecule has 1 fully saturated rings. The van der Waals surface area contributed by atoms with Gasteiger partial charge in [-0.2, -0.15) is 0 Å². The van der Waals surface area contributed by atoms with E-state index in [1.54, 1.807) is 12.0 Å². The molecular weight excluding hydrogens is 314 g/mol. The van der Waals surface area contributed by atoms with Crippen molar-refractivity contribution >= 4 is 5.91 Å². The molecule has 2 rings (SSSR count). The van der Waals surface area contributed by atoms with Gasteiger partial charge in [0.2, 0.25) is 5.91 Å². The molecule has 1 aliphatic rings. The lowest BCUT2D eigenvalue weighted by Crippen LogP contribution is -2.49. The van der Waals surface area contributed by atoms with Crippen LogP contribution in [0.4, 0.5) is 0 Å². The highest BCUT2D eigenvalue weighted by atomic mass is 16.5. The number of carbonyl (C=O) groups is 1. The third kappa shape index (κ3) is 3.93. The van der Waals surface area contributed by atoms with E-state index in [1.807, 2.05) is 0 Å². The summed E-state index contributed by atoms with van der Waals surface area (Å²) in [5.41, 5.74) is -1.05. The third-order valence-electron chi connectivity index (χ3n) is 4.78. The summed E-state index contributed by atoms with van der Waals surface area (Å²) < 4.78 is 6.06. The number of H-pyrrole nitrogens is 1. The maximum absolute atomic E-state index is 12.6. The number of nitrogens with one attached hydrogen (secondary N) is 1. The minimum absolute atomic E-state index is 0.000558. The van der Waals surface area contributed by atoms with Crippen LogP contribution >= 0.6 is 0 Å². The van der Waals surface area contributed by atoms with Crippen molar-refractivity contribution in [2.45, 2.75) is 25.7 Å². The molecule has 1 aliphatic heterocycles. The Balaban J connectivity index is 2.11. The molecule has 0 spiro atoms. The summed E-state index contributed by atoms with van der Waals surface area (Å²) in [5.74, 6) is -0.172. The van der Waals surface area contributed by atoms with E-state index in [2.05, 4.69) is 4.98 Å². The third-order valence-corrected chi connectivity index (χ3v) is 4.78. The molecule has 1 amide bonds. The van der Waals surface area contributed by atoms with Crippen LogP contribution in [0.3, 0.4) is 0 Å². The second kappa shape index (κ2) is 7.76. The highest BCUT2D eigenvalue weighted by Crippen LogP contribution is 2.33. The van der Waals surface area contributed by atoms with Gasteiger partial charge in [0.1, 0.15) is 0 Å². The fourth-order valence-corrected chi connectivity index (χ4v) is 3.17. The molecule has 1 saturated heterocycles. The quantitative estimate of drug-likeness (QED) is 0.710. The molecular formula is C16H25N3O5.